The van der Waals surface area contributed by atoms with E-state index >= 15 is 0 Å². The number of para-hydroxylation sites is 1. The highest BCUT2D eigenvalue weighted by Crippen LogP contribution is 2.21. The van der Waals surface area contributed by atoms with Gasteiger partial charge in [0.05, 0.1) is 6.04 Å². The molecular weight excluding hydrogens is 378 g/mol. The van der Waals surface area contributed by atoms with Crippen molar-refractivity contribution >= 4 is 46.0 Å². The number of thiocarbonyl (C=S) groups is 1. The summed E-state index contributed by atoms with van der Waals surface area (Å²) in [6, 6.07) is 16.1. The second kappa shape index (κ2) is 9.22. The third-order valence-corrected chi connectivity index (χ3v) is 5.19. The topological polar surface area (TPSA) is 67.5 Å². The second-order valence-electron chi connectivity index (χ2n) is 6.65. The third kappa shape index (κ3) is 5.22. The second-order valence-corrected chi connectivity index (χ2v) is 7.49. The number of benzene rings is 2. The number of nitrogens with zero attached hydrogens (tertiary/aromatic N) is 1. The van der Waals surface area contributed by atoms with Crippen LogP contribution in [0.4, 0.5) is 5.69 Å². The first-order chi connectivity index (χ1) is 13.0. The fourth-order valence-corrected chi connectivity index (χ4v) is 3.53. The number of halogens is 1. The first kappa shape index (κ1) is 19.7. The lowest BCUT2D eigenvalue weighted by Crippen LogP contribution is -2.39. The molecule has 1 aliphatic carbocycles. The van der Waals surface area contributed by atoms with Crippen LogP contribution in [0.2, 0.25) is 5.02 Å². The maximum absolute atomic E-state index is 13.1. The van der Waals surface area contributed by atoms with E-state index < -0.39 is 0 Å². The van der Waals surface area contributed by atoms with Crippen molar-refractivity contribution in [3.8, 4) is 0 Å². The predicted octanol–water partition coefficient (Wildman–Crippen LogP) is 4.67. The Morgan fingerprint density at radius 2 is 1.74 bits per heavy atom. The van der Waals surface area contributed by atoms with E-state index in [1.807, 2.05) is 30.3 Å². The smallest absolute Gasteiger partial charge is 0.213 e. The number of ketones is 1. The predicted molar refractivity (Wildman–Crippen MR) is 116 cm³/mol. The SMILES string of the molecule is NC1CCCCC1N=C(C(=O)c1ccc(Cl)cc1)C(=S)Nc1ccccc1. The number of nitrogens with one attached hydrogen (secondary N) is 1. The van der Waals surface area contributed by atoms with E-state index in [9.17, 15) is 4.79 Å². The van der Waals surface area contributed by atoms with Crippen LogP contribution in [0.1, 0.15) is 36.0 Å². The molecule has 0 heterocycles. The molecule has 3 N–H and O–H groups in total. The molecule has 2 unspecified atom stereocenters. The van der Waals surface area contributed by atoms with E-state index in [4.69, 9.17) is 34.5 Å². The zero-order chi connectivity index (χ0) is 19.2. The monoisotopic (exact) mass is 399 g/mol. The van der Waals surface area contributed by atoms with Gasteiger partial charge in [0.25, 0.3) is 0 Å². The summed E-state index contributed by atoms with van der Waals surface area (Å²) >= 11 is 11.5. The summed E-state index contributed by atoms with van der Waals surface area (Å²) in [5.41, 5.74) is 7.80. The highest BCUT2D eigenvalue weighted by Gasteiger charge is 2.26. The van der Waals surface area contributed by atoms with E-state index in [-0.39, 0.29) is 23.6 Å². The molecule has 1 saturated carbocycles. The summed E-state index contributed by atoms with van der Waals surface area (Å²) < 4.78 is 0. The van der Waals surface area contributed by atoms with Crippen molar-refractivity contribution in [2.24, 2.45) is 10.7 Å². The number of Topliss-reactive ketones (excluding diaryl/α,β-unsaturated/α-hetero) is 1. The Hall–Kier alpha value is -2.08. The van der Waals surface area contributed by atoms with Crippen molar-refractivity contribution < 1.29 is 4.79 Å². The first-order valence-corrected chi connectivity index (χ1v) is 9.83. The highest BCUT2D eigenvalue weighted by molar-refractivity contribution is 7.82. The molecule has 0 radical (unpaired) electrons. The Morgan fingerprint density at radius 3 is 2.41 bits per heavy atom. The first-order valence-electron chi connectivity index (χ1n) is 9.04. The number of rotatable bonds is 5. The number of anilines is 1. The van der Waals surface area contributed by atoms with Crippen LogP contribution in [0.3, 0.4) is 0 Å². The number of carbonyl (C=O) groups excluding carboxylic acids is 1. The Morgan fingerprint density at radius 1 is 1.07 bits per heavy atom. The van der Waals surface area contributed by atoms with Crippen LogP contribution in [0.15, 0.2) is 59.6 Å². The van der Waals surface area contributed by atoms with Crippen LogP contribution < -0.4 is 11.1 Å². The molecule has 2 aromatic carbocycles. The number of hydrogen-bond acceptors (Lipinski definition) is 4. The van der Waals surface area contributed by atoms with Crippen LogP contribution in [0, 0.1) is 0 Å². The Balaban J connectivity index is 1.91. The Kier molecular flexibility index (Phi) is 6.72. The summed E-state index contributed by atoms with van der Waals surface area (Å²) in [7, 11) is 0. The van der Waals surface area contributed by atoms with Crippen LogP contribution in [-0.2, 0) is 0 Å². The molecule has 0 bridgehead atoms. The molecule has 6 heteroatoms. The molecule has 1 aliphatic rings. The van der Waals surface area contributed by atoms with Gasteiger partial charge in [0.1, 0.15) is 10.7 Å². The van der Waals surface area contributed by atoms with Gasteiger partial charge in [-0.3, -0.25) is 9.79 Å². The van der Waals surface area contributed by atoms with Crippen molar-refractivity contribution in [1.82, 2.24) is 0 Å². The maximum Gasteiger partial charge on any atom is 0.213 e. The number of nitrogens with two attached hydrogens (primary N) is 1. The molecule has 0 saturated heterocycles. The fraction of sp³-hybridized carbons (Fsp3) is 0.286. The number of carbonyl (C=O) groups is 1. The van der Waals surface area contributed by atoms with Crippen LogP contribution in [0.25, 0.3) is 0 Å². The van der Waals surface area contributed by atoms with Crippen molar-refractivity contribution in [3.63, 3.8) is 0 Å². The van der Waals surface area contributed by atoms with Crippen LogP contribution in [0.5, 0.6) is 0 Å². The van der Waals surface area contributed by atoms with Crippen molar-refractivity contribution in [1.29, 1.82) is 0 Å². The number of aliphatic imine (C=N–C) groups is 1. The van der Waals surface area contributed by atoms with Crippen LogP contribution in [-0.4, -0.2) is 28.6 Å². The summed E-state index contributed by atoms with van der Waals surface area (Å²) in [6.45, 7) is 0. The van der Waals surface area contributed by atoms with Gasteiger partial charge in [-0.1, -0.05) is 54.9 Å². The molecular formula is C21H22ClN3OS. The largest absolute Gasteiger partial charge is 0.345 e. The molecule has 0 aromatic heterocycles. The molecule has 0 aliphatic heterocycles. The highest BCUT2D eigenvalue weighted by atomic mass is 35.5. The Labute approximate surface area is 169 Å². The zero-order valence-electron chi connectivity index (χ0n) is 14.9. The van der Waals surface area contributed by atoms with Crippen molar-refractivity contribution in [2.75, 3.05) is 5.32 Å². The lowest BCUT2D eigenvalue weighted by Gasteiger charge is -2.26. The van der Waals surface area contributed by atoms with Gasteiger partial charge >= 0.3 is 0 Å². The van der Waals surface area contributed by atoms with E-state index in [2.05, 4.69) is 5.32 Å². The summed E-state index contributed by atoms with van der Waals surface area (Å²) in [5.74, 6) is -0.224. The van der Waals surface area contributed by atoms with Gasteiger partial charge in [-0.2, -0.15) is 0 Å². The van der Waals surface area contributed by atoms with Gasteiger partial charge in [-0.05, 0) is 49.2 Å². The van der Waals surface area contributed by atoms with Crippen molar-refractivity contribution in [2.45, 2.75) is 37.8 Å². The minimum Gasteiger partial charge on any atom is -0.345 e. The average Bonchev–Trinajstić information content (AvgIpc) is 2.68. The van der Waals surface area contributed by atoms with Gasteiger partial charge in [-0.15, -0.1) is 0 Å². The van der Waals surface area contributed by atoms with E-state index in [1.54, 1.807) is 24.3 Å². The summed E-state index contributed by atoms with van der Waals surface area (Å²) in [4.78, 5) is 18.1. The molecule has 2 atom stereocenters. The summed E-state index contributed by atoms with van der Waals surface area (Å²) in [5, 5.41) is 3.69. The molecule has 4 nitrogen and oxygen atoms in total. The van der Waals surface area contributed by atoms with Gasteiger partial charge in [0.2, 0.25) is 5.78 Å². The van der Waals surface area contributed by atoms with Gasteiger partial charge in [0, 0.05) is 22.3 Å². The summed E-state index contributed by atoms with van der Waals surface area (Å²) in [6.07, 6.45) is 3.94. The average molecular weight is 400 g/mol. The van der Waals surface area contributed by atoms with Crippen LogP contribution >= 0.6 is 23.8 Å². The minimum absolute atomic E-state index is 0.0497. The normalized spacial score (nSPS) is 20.1. The fourth-order valence-electron chi connectivity index (χ4n) is 3.14. The zero-order valence-corrected chi connectivity index (χ0v) is 16.5. The number of hydrogen-bond donors (Lipinski definition) is 2. The van der Waals surface area contributed by atoms with Gasteiger partial charge in [-0.25, -0.2) is 0 Å². The van der Waals surface area contributed by atoms with E-state index in [1.165, 1.54) is 0 Å². The van der Waals surface area contributed by atoms with Gasteiger partial charge in [0.15, 0.2) is 0 Å². The van der Waals surface area contributed by atoms with Crippen molar-refractivity contribution in [3.05, 3.63) is 65.2 Å². The maximum atomic E-state index is 13.1. The minimum atomic E-state index is -0.224. The van der Waals surface area contributed by atoms with E-state index in [0.717, 1.165) is 31.4 Å². The van der Waals surface area contributed by atoms with E-state index in [0.29, 0.717) is 15.6 Å². The lowest BCUT2D eigenvalue weighted by atomic mass is 9.91. The molecule has 140 valence electrons. The lowest BCUT2D eigenvalue weighted by molar-refractivity contribution is 0.106. The molecule has 1 fully saturated rings. The molecule has 2 aromatic rings. The molecule has 27 heavy (non-hydrogen) atoms. The molecule has 0 spiro atoms. The quantitative estimate of drug-likeness (QED) is 0.435. The Bertz CT molecular complexity index is 836. The standard InChI is InChI=1S/C21H22ClN3OS/c22-15-12-10-14(11-13-15)20(26)19(25-18-9-5-4-8-17(18)23)21(27)24-16-6-2-1-3-7-16/h1-3,6-7,10-13,17-18H,4-5,8-9,23H2,(H,24,27). The van der Waals surface area contributed by atoms with Gasteiger partial charge < -0.3 is 11.1 Å². The molecule has 3 rings (SSSR count). The molecule has 0 amide bonds. The third-order valence-electron chi connectivity index (χ3n) is 4.64.